The highest BCUT2D eigenvalue weighted by Gasteiger charge is 2.61. The molecule has 1 N–H and O–H groups in total. The number of ether oxygens (including phenoxy) is 1. The van der Waals surface area contributed by atoms with Gasteiger partial charge in [-0.1, -0.05) is 27.2 Å². The normalized spacial score (nSPS) is 42.7. The molecule has 3 nitrogen and oxygen atoms in total. The highest BCUT2D eigenvalue weighted by atomic mass is 16.5. The molecule has 2 bridgehead atoms. The number of piperidine rings is 1. The summed E-state index contributed by atoms with van der Waals surface area (Å²) in [6.45, 7) is 11.9. The zero-order valence-electron chi connectivity index (χ0n) is 15.0. The van der Waals surface area contributed by atoms with Gasteiger partial charge in [0.1, 0.15) is 0 Å². The second-order valence-electron chi connectivity index (χ2n) is 8.93. The van der Waals surface area contributed by atoms with Crippen LogP contribution < -0.4 is 0 Å². The third-order valence-electron chi connectivity index (χ3n) is 7.59. The minimum absolute atomic E-state index is 0.301. The van der Waals surface area contributed by atoms with E-state index in [-0.39, 0.29) is 6.10 Å². The van der Waals surface area contributed by atoms with Crippen molar-refractivity contribution in [3.63, 3.8) is 0 Å². The van der Waals surface area contributed by atoms with Crippen LogP contribution in [0, 0.1) is 16.7 Å². The van der Waals surface area contributed by atoms with Crippen LogP contribution in [0.5, 0.6) is 0 Å². The van der Waals surface area contributed by atoms with Crippen LogP contribution >= 0.6 is 0 Å². The molecular weight excluding hydrogens is 274 g/mol. The Balaban J connectivity index is 1.49. The lowest BCUT2D eigenvalue weighted by Crippen LogP contribution is -2.44. The molecule has 1 saturated heterocycles. The Morgan fingerprint density at radius 1 is 1.23 bits per heavy atom. The molecule has 0 aromatic carbocycles. The average Bonchev–Trinajstić information content (AvgIpc) is 2.80. The molecule has 128 valence electrons. The first-order chi connectivity index (χ1) is 10.3. The maximum Gasteiger partial charge on any atom is 0.0900 e. The van der Waals surface area contributed by atoms with Crippen LogP contribution in [0.4, 0.5) is 0 Å². The highest BCUT2D eigenvalue weighted by molar-refractivity contribution is 5.11. The third-order valence-corrected chi connectivity index (χ3v) is 7.59. The smallest absolute Gasteiger partial charge is 0.0900 e. The number of hydrogen-bond acceptors (Lipinski definition) is 3. The largest absolute Gasteiger partial charge is 0.389 e. The van der Waals surface area contributed by atoms with Gasteiger partial charge >= 0.3 is 0 Å². The molecule has 3 aliphatic rings. The van der Waals surface area contributed by atoms with Crippen LogP contribution in [0.3, 0.4) is 0 Å². The number of β-amino-alcohol motifs (C(OH)–C–C–N with tert-alkyl or cyclic N) is 1. The molecular formula is C19H35NO2. The third kappa shape index (κ3) is 2.74. The summed E-state index contributed by atoms with van der Waals surface area (Å²) in [6, 6.07) is 0.613. The summed E-state index contributed by atoms with van der Waals surface area (Å²) in [7, 11) is 0. The Labute approximate surface area is 136 Å². The van der Waals surface area contributed by atoms with Crippen molar-refractivity contribution in [2.75, 3.05) is 19.7 Å². The summed E-state index contributed by atoms with van der Waals surface area (Å²) in [5.41, 5.74) is 0.694. The molecule has 22 heavy (non-hydrogen) atoms. The predicted molar refractivity (Wildman–Crippen MR) is 89.9 cm³/mol. The summed E-state index contributed by atoms with van der Waals surface area (Å²) in [6.07, 6.45) is 7.71. The molecule has 3 heteroatoms. The molecule has 0 aromatic heterocycles. The van der Waals surface area contributed by atoms with E-state index in [2.05, 4.69) is 32.6 Å². The summed E-state index contributed by atoms with van der Waals surface area (Å²) >= 11 is 0. The first-order valence-electron chi connectivity index (χ1n) is 9.38. The van der Waals surface area contributed by atoms with Gasteiger partial charge in [-0.15, -0.1) is 0 Å². The second-order valence-corrected chi connectivity index (χ2v) is 8.93. The zero-order valence-corrected chi connectivity index (χ0v) is 15.0. The van der Waals surface area contributed by atoms with Gasteiger partial charge in [0.2, 0.25) is 0 Å². The Morgan fingerprint density at radius 3 is 2.59 bits per heavy atom. The van der Waals surface area contributed by atoms with Crippen molar-refractivity contribution >= 4 is 0 Å². The molecule has 0 radical (unpaired) electrons. The van der Waals surface area contributed by atoms with Crippen molar-refractivity contribution < 1.29 is 9.84 Å². The van der Waals surface area contributed by atoms with Gasteiger partial charge in [-0.3, -0.25) is 4.90 Å². The lowest BCUT2D eigenvalue weighted by atomic mass is 9.70. The number of hydrogen-bond donors (Lipinski definition) is 1. The Hall–Kier alpha value is -0.120. The molecule has 1 heterocycles. The summed E-state index contributed by atoms with van der Waals surface area (Å²) in [5, 5.41) is 10.4. The molecule has 3 rings (SSSR count). The molecule has 3 fully saturated rings. The van der Waals surface area contributed by atoms with Crippen molar-refractivity contribution in [3.8, 4) is 0 Å². The van der Waals surface area contributed by atoms with Crippen molar-refractivity contribution in [3.05, 3.63) is 0 Å². The summed E-state index contributed by atoms with van der Waals surface area (Å²) < 4.78 is 6.24. The van der Waals surface area contributed by atoms with Gasteiger partial charge in [-0.2, -0.15) is 0 Å². The van der Waals surface area contributed by atoms with Crippen molar-refractivity contribution in [1.29, 1.82) is 0 Å². The summed E-state index contributed by atoms with van der Waals surface area (Å²) in [5.74, 6) is 0.807. The van der Waals surface area contributed by atoms with Crippen LogP contribution in [0.2, 0.25) is 0 Å². The summed E-state index contributed by atoms with van der Waals surface area (Å²) in [4.78, 5) is 2.43. The van der Waals surface area contributed by atoms with Gasteiger partial charge in [0.25, 0.3) is 0 Å². The molecule has 0 spiro atoms. The van der Waals surface area contributed by atoms with E-state index in [1.165, 1.54) is 38.5 Å². The Morgan fingerprint density at radius 2 is 2.00 bits per heavy atom. The fourth-order valence-electron chi connectivity index (χ4n) is 5.36. The number of fused-ring (bicyclic) bond motifs is 2. The SMILES string of the molecule is C[C@@H]1CCCCN1C[C@H](O)CO[C@H]1C[C@H]2CC[C@@]1(C)C2(C)C. The molecule has 1 aliphatic heterocycles. The first kappa shape index (κ1) is 16.7. The number of rotatable bonds is 5. The molecule has 0 unspecified atom stereocenters. The first-order valence-corrected chi connectivity index (χ1v) is 9.38. The monoisotopic (exact) mass is 309 g/mol. The number of aliphatic hydroxyl groups is 1. The second kappa shape index (κ2) is 6.07. The number of likely N-dealkylation sites (tertiary alicyclic amines) is 1. The predicted octanol–water partition coefficient (Wildman–Crippen LogP) is 3.45. The van der Waals surface area contributed by atoms with Crippen molar-refractivity contribution in [2.24, 2.45) is 16.7 Å². The average molecular weight is 309 g/mol. The topological polar surface area (TPSA) is 32.7 Å². The fraction of sp³-hybridized carbons (Fsp3) is 1.00. The molecule has 0 aromatic rings. The molecule has 2 aliphatic carbocycles. The van der Waals surface area contributed by atoms with E-state index < -0.39 is 0 Å². The van der Waals surface area contributed by atoms with E-state index in [0.29, 0.717) is 29.6 Å². The van der Waals surface area contributed by atoms with E-state index in [0.717, 1.165) is 19.0 Å². The number of aliphatic hydroxyl groups excluding tert-OH is 1. The van der Waals surface area contributed by atoms with Crippen LogP contribution in [-0.2, 0) is 4.74 Å². The fourth-order valence-corrected chi connectivity index (χ4v) is 5.36. The maximum atomic E-state index is 10.4. The molecule has 0 amide bonds. The standard InChI is InChI=1S/C19H35NO2/c1-14-7-5-6-10-20(14)12-16(21)13-22-17-11-15-8-9-19(17,4)18(15,2)3/h14-17,21H,5-13H2,1-4H3/t14-,15-,16+,17+,19-/m1/s1. The van der Waals surface area contributed by atoms with Crippen molar-refractivity contribution in [2.45, 2.75) is 84.5 Å². The van der Waals surface area contributed by atoms with Crippen LogP contribution in [-0.4, -0.2) is 48.0 Å². The highest BCUT2D eigenvalue weighted by Crippen LogP contribution is 2.66. The Bertz CT molecular complexity index is 397. The molecule has 2 saturated carbocycles. The quantitative estimate of drug-likeness (QED) is 0.844. The van der Waals surface area contributed by atoms with E-state index in [9.17, 15) is 5.11 Å². The van der Waals surface area contributed by atoms with Gasteiger partial charge in [0.05, 0.1) is 18.8 Å². The maximum absolute atomic E-state index is 10.4. The zero-order chi connectivity index (χ0) is 16.0. The Kier molecular flexibility index (Phi) is 4.61. The van der Waals surface area contributed by atoms with Gasteiger partial charge in [-0.25, -0.2) is 0 Å². The van der Waals surface area contributed by atoms with Gasteiger partial charge in [-0.05, 0) is 62.3 Å². The van der Waals surface area contributed by atoms with E-state index >= 15 is 0 Å². The van der Waals surface area contributed by atoms with E-state index in [4.69, 9.17) is 4.74 Å². The van der Waals surface area contributed by atoms with Gasteiger partial charge in [0, 0.05) is 12.6 Å². The minimum atomic E-state index is -0.341. The van der Waals surface area contributed by atoms with Gasteiger partial charge < -0.3 is 9.84 Å². The van der Waals surface area contributed by atoms with Crippen LogP contribution in [0.15, 0.2) is 0 Å². The van der Waals surface area contributed by atoms with Crippen LogP contribution in [0.1, 0.15) is 66.2 Å². The molecule has 5 atom stereocenters. The van der Waals surface area contributed by atoms with Crippen LogP contribution in [0.25, 0.3) is 0 Å². The number of nitrogens with zero attached hydrogens (tertiary/aromatic N) is 1. The van der Waals surface area contributed by atoms with Gasteiger partial charge in [0.15, 0.2) is 0 Å². The van der Waals surface area contributed by atoms with E-state index in [1.54, 1.807) is 0 Å². The lowest BCUT2D eigenvalue weighted by molar-refractivity contribution is -0.0816. The van der Waals surface area contributed by atoms with Crippen molar-refractivity contribution in [1.82, 2.24) is 4.90 Å². The lowest BCUT2D eigenvalue weighted by Gasteiger charge is -2.39. The van der Waals surface area contributed by atoms with E-state index in [1.807, 2.05) is 0 Å². The minimum Gasteiger partial charge on any atom is -0.389 e.